The van der Waals surface area contributed by atoms with Gasteiger partial charge in [-0.25, -0.2) is 0 Å². The number of hydrogen-bond donors (Lipinski definition) is 1. The van der Waals surface area contributed by atoms with Gasteiger partial charge in [-0.05, 0) is 37.8 Å². The lowest BCUT2D eigenvalue weighted by Crippen LogP contribution is -2.24. The maximum Gasteiger partial charge on any atom is 0.0393 e. The Balaban J connectivity index is 2.02. The molecule has 0 aromatic carbocycles. The molecule has 3 heteroatoms. The topological polar surface area (TPSA) is 24.9 Å². The maximum absolute atomic E-state index is 5.95. The molecule has 2 atom stereocenters. The highest BCUT2D eigenvalue weighted by atomic mass is 35.5. The molecule has 1 heterocycles. The van der Waals surface area contributed by atoms with Gasteiger partial charge >= 0.3 is 0 Å². The van der Waals surface area contributed by atoms with Crippen molar-refractivity contribution in [3.63, 3.8) is 0 Å². The molecule has 15 heavy (non-hydrogen) atoms. The molecule has 0 aliphatic heterocycles. The Morgan fingerprint density at radius 1 is 1.53 bits per heavy atom. The standard InChI is InChI=1S/C12H17ClN2/c1-9-7-11(5-6-14-9)15-12-4-2-3-10(12)8-13/h5-7,10,12H,2-4,8H2,1H3,(H,14,15). The molecular formula is C12H17ClN2. The molecule has 2 unspecified atom stereocenters. The largest absolute Gasteiger partial charge is 0.382 e. The second-order valence-corrected chi connectivity index (χ2v) is 4.59. The van der Waals surface area contributed by atoms with E-state index in [9.17, 15) is 0 Å². The Morgan fingerprint density at radius 3 is 3.13 bits per heavy atom. The van der Waals surface area contributed by atoms with Gasteiger partial charge in [-0.2, -0.15) is 0 Å². The summed E-state index contributed by atoms with van der Waals surface area (Å²) in [6.07, 6.45) is 5.63. The van der Waals surface area contributed by atoms with E-state index in [1.165, 1.54) is 24.9 Å². The quantitative estimate of drug-likeness (QED) is 0.798. The van der Waals surface area contributed by atoms with Gasteiger partial charge < -0.3 is 5.32 Å². The van der Waals surface area contributed by atoms with E-state index in [-0.39, 0.29) is 0 Å². The van der Waals surface area contributed by atoms with E-state index in [2.05, 4.69) is 16.4 Å². The van der Waals surface area contributed by atoms with Crippen LogP contribution in [0.15, 0.2) is 18.3 Å². The lowest BCUT2D eigenvalue weighted by Gasteiger charge is -2.20. The normalized spacial score (nSPS) is 25.5. The van der Waals surface area contributed by atoms with E-state index in [0.717, 1.165) is 11.6 Å². The van der Waals surface area contributed by atoms with Gasteiger partial charge in [0.25, 0.3) is 0 Å². The van der Waals surface area contributed by atoms with E-state index >= 15 is 0 Å². The molecule has 1 fully saturated rings. The van der Waals surface area contributed by atoms with Crippen LogP contribution in [0, 0.1) is 12.8 Å². The molecule has 2 rings (SSSR count). The summed E-state index contributed by atoms with van der Waals surface area (Å²) in [5.74, 6) is 1.39. The summed E-state index contributed by atoms with van der Waals surface area (Å²) in [5, 5.41) is 3.56. The fourth-order valence-electron chi connectivity index (χ4n) is 2.26. The molecule has 1 saturated carbocycles. The summed E-state index contributed by atoms with van der Waals surface area (Å²) in [4.78, 5) is 4.19. The number of nitrogens with one attached hydrogen (secondary N) is 1. The number of hydrogen-bond acceptors (Lipinski definition) is 2. The van der Waals surface area contributed by atoms with E-state index in [1.54, 1.807) is 0 Å². The van der Waals surface area contributed by atoms with Crippen molar-refractivity contribution in [3.8, 4) is 0 Å². The second-order valence-electron chi connectivity index (χ2n) is 4.28. The molecule has 1 aliphatic rings. The Hall–Kier alpha value is -0.760. The van der Waals surface area contributed by atoms with Crippen LogP contribution in [0.25, 0.3) is 0 Å². The van der Waals surface area contributed by atoms with Gasteiger partial charge in [-0.3, -0.25) is 4.98 Å². The molecule has 82 valence electrons. The first-order valence-corrected chi connectivity index (χ1v) is 6.08. The number of halogens is 1. The number of pyridine rings is 1. The first-order chi connectivity index (χ1) is 7.29. The van der Waals surface area contributed by atoms with Gasteiger partial charge in [-0.15, -0.1) is 11.6 Å². The first-order valence-electron chi connectivity index (χ1n) is 5.55. The predicted molar refractivity (Wildman–Crippen MR) is 64.4 cm³/mol. The van der Waals surface area contributed by atoms with Crippen LogP contribution in [0.2, 0.25) is 0 Å². The van der Waals surface area contributed by atoms with Crippen molar-refractivity contribution in [2.24, 2.45) is 5.92 Å². The zero-order valence-electron chi connectivity index (χ0n) is 9.04. The van der Waals surface area contributed by atoms with Crippen molar-refractivity contribution in [1.29, 1.82) is 0 Å². The van der Waals surface area contributed by atoms with Crippen molar-refractivity contribution in [2.75, 3.05) is 11.2 Å². The molecule has 0 saturated heterocycles. The Kier molecular flexibility index (Phi) is 3.47. The third kappa shape index (κ3) is 2.63. The van der Waals surface area contributed by atoms with Crippen LogP contribution in [0.1, 0.15) is 25.0 Å². The monoisotopic (exact) mass is 224 g/mol. The van der Waals surface area contributed by atoms with Gasteiger partial charge in [-0.1, -0.05) is 6.42 Å². The minimum absolute atomic E-state index is 0.546. The number of alkyl halides is 1. The van der Waals surface area contributed by atoms with Crippen LogP contribution in [0.4, 0.5) is 5.69 Å². The van der Waals surface area contributed by atoms with Gasteiger partial charge in [0, 0.05) is 29.5 Å². The van der Waals surface area contributed by atoms with Crippen LogP contribution in [0.5, 0.6) is 0 Å². The highest BCUT2D eigenvalue weighted by molar-refractivity contribution is 6.18. The molecule has 2 nitrogen and oxygen atoms in total. The van der Waals surface area contributed by atoms with Crippen molar-refractivity contribution >= 4 is 17.3 Å². The van der Waals surface area contributed by atoms with E-state index in [4.69, 9.17) is 11.6 Å². The fourth-order valence-corrected chi connectivity index (χ4v) is 2.63. The SMILES string of the molecule is Cc1cc(NC2CCCC2CCl)ccn1. The van der Waals surface area contributed by atoms with Gasteiger partial charge in [0.05, 0.1) is 0 Å². The zero-order valence-corrected chi connectivity index (χ0v) is 9.80. The zero-order chi connectivity index (χ0) is 10.7. The number of aromatic nitrogens is 1. The van der Waals surface area contributed by atoms with Crippen LogP contribution in [-0.4, -0.2) is 16.9 Å². The van der Waals surface area contributed by atoms with Crippen LogP contribution in [0.3, 0.4) is 0 Å². The van der Waals surface area contributed by atoms with Crippen LogP contribution >= 0.6 is 11.6 Å². The van der Waals surface area contributed by atoms with Crippen molar-refractivity contribution in [3.05, 3.63) is 24.0 Å². The minimum Gasteiger partial charge on any atom is -0.382 e. The van der Waals surface area contributed by atoms with Crippen molar-refractivity contribution in [1.82, 2.24) is 4.98 Å². The second kappa shape index (κ2) is 4.84. The Bertz CT molecular complexity index is 327. The third-order valence-corrected chi connectivity index (χ3v) is 3.50. The molecule has 0 spiro atoms. The van der Waals surface area contributed by atoms with E-state index < -0.39 is 0 Å². The van der Waals surface area contributed by atoms with E-state index in [1.807, 2.05) is 19.2 Å². The van der Waals surface area contributed by atoms with E-state index in [0.29, 0.717) is 12.0 Å². The third-order valence-electron chi connectivity index (χ3n) is 3.11. The minimum atomic E-state index is 0.546. The number of rotatable bonds is 3. The van der Waals surface area contributed by atoms with Gasteiger partial charge in [0.1, 0.15) is 0 Å². The summed E-state index contributed by atoms with van der Waals surface area (Å²) in [6, 6.07) is 4.66. The molecule has 1 aromatic heterocycles. The number of anilines is 1. The maximum atomic E-state index is 5.95. The van der Waals surface area contributed by atoms with Gasteiger partial charge in [0.15, 0.2) is 0 Å². The van der Waals surface area contributed by atoms with Crippen molar-refractivity contribution < 1.29 is 0 Å². The summed E-state index contributed by atoms with van der Waals surface area (Å²) >= 11 is 5.95. The lowest BCUT2D eigenvalue weighted by atomic mass is 10.1. The highest BCUT2D eigenvalue weighted by Crippen LogP contribution is 2.29. The van der Waals surface area contributed by atoms with Crippen molar-refractivity contribution in [2.45, 2.75) is 32.2 Å². The average molecular weight is 225 g/mol. The molecule has 0 bridgehead atoms. The smallest absolute Gasteiger partial charge is 0.0393 e. The fraction of sp³-hybridized carbons (Fsp3) is 0.583. The summed E-state index contributed by atoms with van der Waals surface area (Å²) < 4.78 is 0. The molecule has 1 N–H and O–H groups in total. The van der Waals surface area contributed by atoms with Gasteiger partial charge in [0.2, 0.25) is 0 Å². The summed E-state index contributed by atoms with van der Waals surface area (Å²) in [5.41, 5.74) is 2.23. The number of nitrogens with zero attached hydrogens (tertiary/aromatic N) is 1. The highest BCUT2D eigenvalue weighted by Gasteiger charge is 2.26. The average Bonchev–Trinajstić information content (AvgIpc) is 2.65. The lowest BCUT2D eigenvalue weighted by molar-refractivity contribution is 0.562. The molecule has 0 amide bonds. The molecule has 0 radical (unpaired) electrons. The summed E-state index contributed by atoms with van der Waals surface area (Å²) in [7, 11) is 0. The van der Waals surface area contributed by atoms with Crippen LogP contribution < -0.4 is 5.32 Å². The molecule has 1 aromatic rings. The summed E-state index contributed by atoms with van der Waals surface area (Å²) in [6.45, 7) is 2.01. The predicted octanol–water partition coefficient (Wildman–Crippen LogP) is 3.21. The number of aryl methyl sites for hydroxylation is 1. The molecule has 1 aliphatic carbocycles. The Morgan fingerprint density at radius 2 is 2.40 bits per heavy atom. The Labute approximate surface area is 96.1 Å². The van der Waals surface area contributed by atoms with Crippen LogP contribution in [-0.2, 0) is 0 Å². The first kappa shape index (κ1) is 10.7. The molecular weight excluding hydrogens is 208 g/mol.